The number of aromatic nitrogens is 2. The van der Waals surface area contributed by atoms with E-state index in [0.29, 0.717) is 11.8 Å². The molecule has 0 bridgehead atoms. The maximum Gasteiger partial charge on any atom is 0.234 e. The van der Waals surface area contributed by atoms with Crippen LogP contribution in [0.15, 0.2) is 4.52 Å². The Hall–Kier alpha value is -0.900. The molecule has 1 heterocycles. The molecular formula is C16H29N3O. The van der Waals surface area contributed by atoms with Crippen molar-refractivity contribution >= 4 is 0 Å². The first kappa shape index (κ1) is 15.5. The zero-order chi connectivity index (χ0) is 14.8. The van der Waals surface area contributed by atoms with Crippen molar-refractivity contribution in [3.63, 3.8) is 0 Å². The van der Waals surface area contributed by atoms with E-state index in [0.717, 1.165) is 5.82 Å². The van der Waals surface area contributed by atoms with Crippen molar-refractivity contribution in [1.82, 2.24) is 10.1 Å². The SMILES string of the molecule is CC(C)(N)C(C)(C)c1nc(C2CCCCCCC2)no1. The molecule has 1 aliphatic rings. The fraction of sp³-hybridized carbons (Fsp3) is 0.875. The molecule has 0 radical (unpaired) electrons. The van der Waals surface area contributed by atoms with Crippen molar-refractivity contribution in [3.8, 4) is 0 Å². The molecule has 0 aliphatic heterocycles. The van der Waals surface area contributed by atoms with Gasteiger partial charge in [0.05, 0.1) is 5.41 Å². The third-order valence-electron chi connectivity index (χ3n) is 5.06. The Labute approximate surface area is 122 Å². The van der Waals surface area contributed by atoms with Gasteiger partial charge in [-0.25, -0.2) is 0 Å². The Kier molecular flexibility index (Phi) is 4.52. The summed E-state index contributed by atoms with van der Waals surface area (Å²) in [5.41, 5.74) is 5.54. The summed E-state index contributed by atoms with van der Waals surface area (Å²) in [6.45, 7) is 8.16. The topological polar surface area (TPSA) is 64.9 Å². The van der Waals surface area contributed by atoms with Gasteiger partial charge in [0.1, 0.15) is 0 Å². The summed E-state index contributed by atoms with van der Waals surface area (Å²) in [4.78, 5) is 4.69. The standard InChI is InChI=1S/C16H29N3O/c1-15(2,16(3,4)17)14-18-13(19-20-14)12-10-8-6-5-7-9-11-12/h12H,5-11,17H2,1-4H3. The Bertz CT molecular complexity index is 423. The van der Waals surface area contributed by atoms with Gasteiger partial charge >= 0.3 is 0 Å². The third-order valence-corrected chi connectivity index (χ3v) is 5.06. The Morgan fingerprint density at radius 2 is 1.55 bits per heavy atom. The Morgan fingerprint density at radius 3 is 2.10 bits per heavy atom. The van der Waals surface area contributed by atoms with Crippen LogP contribution in [0.2, 0.25) is 0 Å². The number of hydrogen-bond acceptors (Lipinski definition) is 4. The van der Waals surface area contributed by atoms with Gasteiger partial charge in [-0.05, 0) is 40.5 Å². The molecule has 0 spiro atoms. The lowest BCUT2D eigenvalue weighted by Crippen LogP contribution is -2.50. The second-order valence-electron chi connectivity index (χ2n) is 7.35. The molecule has 114 valence electrons. The van der Waals surface area contributed by atoms with E-state index in [2.05, 4.69) is 24.0 Å². The van der Waals surface area contributed by atoms with Crippen LogP contribution in [0.3, 0.4) is 0 Å². The van der Waals surface area contributed by atoms with Crippen molar-refractivity contribution in [2.75, 3.05) is 0 Å². The normalized spacial score (nSPS) is 19.6. The van der Waals surface area contributed by atoms with Crippen LogP contribution in [0.1, 0.15) is 90.3 Å². The highest BCUT2D eigenvalue weighted by Crippen LogP contribution is 2.34. The molecule has 1 aliphatic carbocycles. The molecule has 1 aromatic heterocycles. The maximum absolute atomic E-state index is 6.25. The minimum Gasteiger partial charge on any atom is -0.339 e. The summed E-state index contributed by atoms with van der Waals surface area (Å²) < 4.78 is 5.54. The van der Waals surface area contributed by atoms with Gasteiger partial charge in [-0.2, -0.15) is 4.98 Å². The van der Waals surface area contributed by atoms with E-state index in [1.807, 2.05) is 13.8 Å². The van der Waals surface area contributed by atoms with E-state index >= 15 is 0 Å². The van der Waals surface area contributed by atoms with Crippen LogP contribution in [0.4, 0.5) is 0 Å². The van der Waals surface area contributed by atoms with Gasteiger partial charge in [-0.3, -0.25) is 0 Å². The van der Waals surface area contributed by atoms with Crippen LogP contribution in [0.5, 0.6) is 0 Å². The van der Waals surface area contributed by atoms with Gasteiger partial charge < -0.3 is 10.3 Å². The Morgan fingerprint density at radius 1 is 1.00 bits per heavy atom. The lowest BCUT2D eigenvalue weighted by atomic mass is 9.75. The minimum atomic E-state index is -0.391. The van der Waals surface area contributed by atoms with E-state index in [1.54, 1.807) is 0 Å². The summed E-state index contributed by atoms with van der Waals surface area (Å²) in [6.07, 6.45) is 8.97. The van der Waals surface area contributed by atoms with E-state index in [-0.39, 0.29) is 5.41 Å². The van der Waals surface area contributed by atoms with Crippen molar-refractivity contribution in [3.05, 3.63) is 11.7 Å². The summed E-state index contributed by atoms with van der Waals surface area (Å²) in [5.74, 6) is 2.02. The van der Waals surface area contributed by atoms with Crippen molar-refractivity contribution in [2.45, 2.75) is 89.5 Å². The monoisotopic (exact) mass is 279 g/mol. The molecule has 1 aromatic rings. The number of rotatable bonds is 3. The predicted octanol–water partition coefficient (Wildman–Crippen LogP) is 3.91. The molecular weight excluding hydrogens is 250 g/mol. The smallest absolute Gasteiger partial charge is 0.234 e. The molecule has 2 rings (SSSR count). The molecule has 1 fully saturated rings. The summed E-state index contributed by atoms with van der Waals surface area (Å²) in [5, 5.41) is 4.25. The summed E-state index contributed by atoms with van der Waals surface area (Å²) in [6, 6.07) is 0. The average molecular weight is 279 g/mol. The van der Waals surface area contributed by atoms with Crippen molar-refractivity contribution < 1.29 is 4.52 Å². The van der Waals surface area contributed by atoms with E-state index < -0.39 is 5.54 Å². The van der Waals surface area contributed by atoms with Crippen LogP contribution in [-0.4, -0.2) is 15.7 Å². The second-order valence-corrected chi connectivity index (χ2v) is 7.35. The predicted molar refractivity (Wildman–Crippen MR) is 80.7 cm³/mol. The zero-order valence-corrected chi connectivity index (χ0v) is 13.4. The summed E-state index contributed by atoms with van der Waals surface area (Å²) >= 11 is 0. The van der Waals surface area contributed by atoms with Gasteiger partial charge in [0.2, 0.25) is 5.89 Å². The number of nitrogens with zero attached hydrogens (tertiary/aromatic N) is 2. The average Bonchev–Trinajstić information content (AvgIpc) is 2.76. The highest BCUT2D eigenvalue weighted by molar-refractivity contribution is 5.12. The lowest BCUT2D eigenvalue weighted by molar-refractivity contribution is 0.222. The lowest BCUT2D eigenvalue weighted by Gasteiger charge is -2.34. The fourth-order valence-electron chi connectivity index (χ4n) is 2.64. The first-order valence-electron chi connectivity index (χ1n) is 7.95. The number of hydrogen-bond donors (Lipinski definition) is 1. The highest BCUT2D eigenvalue weighted by atomic mass is 16.5. The molecule has 1 saturated carbocycles. The van der Waals surface area contributed by atoms with Crippen molar-refractivity contribution in [1.29, 1.82) is 0 Å². The molecule has 2 N–H and O–H groups in total. The van der Waals surface area contributed by atoms with Crippen LogP contribution in [-0.2, 0) is 5.41 Å². The molecule has 20 heavy (non-hydrogen) atoms. The van der Waals surface area contributed by atoms with Gasteiger partial charge in [-0.15, -0.1) is 0 Å². The molecule has 0 atom stereocenters. The molecule has 0 saturated heterocycles. The second kappa shape index (κ2) is 5.84. The third kappa shape index (κ3) is 3.22. The summed E-state index contributed by atoms with van der Waals surface area (Å²) in [7, 11) is 0. The first-order valence-corrected chi connectivity index (χ1v) is 7.95. The van der Waals surface area contributed by atoms with Crippen LogP contribution < -0.4 is 5.73 Å². The van der Waals surface area contributed by atoms with Gasteiger partial charge in [0.25, 0.3) is 0 Å². The molecule has 0 amide bonds. The molecule has 0 unspecified atom stereocenters. The minimum absolute atomic E-state index is 0.320. The van der Waals surface area contributed by atoms with E-state index in [9.17, 15) is 0 Å². The quantitative estimate of drug-likeness (QED) is 0.911. The van der Waals surface area contributed by atoms with Gasteiger partial charge in [0, 0.05) is 11.5 Å². The van der Waals surface area contributed by atoms with E-state index in [4.69, 9.17) is 10.3 Å². The van der Waals surface area contributed by atoms with Crippen molar-refractivity contribution in [2.24, 2.45) is 5.73 Å². The number of nitrogens with two attached hydrogens (primary N) is 1. The Balaban J connectivity index is 2.15. The van der Waals surface area contributed by atoms with Gasteiger partial charge in [-0.1, -0.05) is 37.3 Å². The van der Waals surface area contributed by atoms with Gasteiger partial charge in [0.15, 0.2) is 5.82 Å². The first-order chi connectivity index (χ1) is 9.32. The van der Waals surface area contributed by atoms with Crippen LogP contribution in [0.25, 0.3) is 0 Å². The molecule has 0 aromatic carbocycles. The van der Waals surface area contributed by atoms with Crippen LogP contribution >= 0.6 is 0 Å². The van der Waals surface area contributed by atoms with E-state index in [1.165, 1.54) is 44.9 Å². The van der Waals surface area contributed by atoms with Crippen LogP contribution in [0, 0.1) is 0 Å². The largest absolute Gasteiger partial charge is 0.339 e. The highest BCUT2D eigenvalue weighted by Gasteiger charge is 2.40. The zero-order valence-electron chi connectivity index (χ0n) is 13.4. The maximum atomic E-state index is 6.25. The fourth-order valence-corrected chi connectivity index (χ4v) is 2.64. The molecule has 4 nitrogen and oxygen atoms in total. The molecule has 4 heteroatoms.